The maximum absolute atomic E-state index is 12.3. The normalized spacial score (nSPS) is 25.9. The standard InChI is InChI=1S/C18H22F3NO2/c19-18(20,21)11-24-10-13-3-1-12(2-4-13)9-22-17(23)16-8-14-5-6-15(16)7-14/h1-4,14-16H,5-11H2,(H,22,23). The average molecular weight is 341 g/mol. The highest BCUT2D eigenvalue weighted by Gasteiger charge is 2.42. The van der Waals surface area contributed by atoms with Gasteiger partial charge < -0.3 is 10.1 Å². The lowest BCUT2D eigenvalue weighted by Crippen LogP contribution is -2.33. The summed E-state index contributed by atoms with van der Waals surface area (Å²) in [5.74, 6) is 1.60. The van der Waals surface area contributed by atoms with Crippen molar-refractivity contribution in [3.63, 3.8) is 0 Å². The van der Waals surface area contributed by atoms with Crippen LogP contribution >= 0.6 is 0 Å². The highest BCUT2D eigenvalue weighted by atomic mass is 19.4. The van der Waals surface area contributed by atoms with E-state index < -0.39 is 12.8 Å². The number of fused-ring (bicyclic) bond motifs is 2. The Morgan fingerprint density at radius 2 is 1.83 bits per heavy atom. The monoisotopic (exact) mass is 341 g/mol. The second-order valence-corrected chi connectivity index (χ2v) is 6.92. The smallest absolute Gasteiger partial charge is 0.367 e. The van der Waals surface area contributed by atoms with Crippen LogP contribution in [0, 0.1) is 17.8 Å². The predicted octanol–water partition coefficient (Wildman–Crippen LogP) is 3.82. The summed E-state index contributed by atoms with van der Waals surface area (Å²) >= 11 is 0. The van der Waals surface area contributed by atoms with Gasteiger partial charge in [0.05, 0.1) is 6.61 Å². The van der Waals surface area contributed by atoms with E-state index in [0.29, 0.717) is 18.0 Å². The first-order valence-corrected chi connectivity index (χ1v) is 8.41. The van der Waals surface area contributed by atoms with Gasteiger partial charge >= 0.3 is 6.18 Å². The number of nitrogens with one attached hydrogen (secondary N) is 1. The van der Waals surface area contributed by atoms with E-state index in [2.05, 4.69) is 10.1 Å². The molecule has 6 heteroatoms. The Bertz CT molecular complexity index is 571. The van der Waals surface area contributed by atoms with Crippen LogP contribution < -0.4 is 5.32 Å². The number of carbonyl (C=O) groups excluding carboxylic acids is 1. The fourth-order valence-corrected chi connectivity index (χ4v) is 3.92. The molecule has 1 aromatic rings. The molecule has 0 aliphatic heterocycles. The number of benzene rings is 1. The number of carbonyl (C=O) groups is 1. The third kappa shape index (κ3) is 4.50. The van der Waals surface area contributed by atoms with Crippen molar-refractivity contribution in [2.45, 2.75) is 45.0 Å². The topological polar surface area (TPSA) is 38.3 Å². The van der Waals surface area contributed by atoms with Gasteiger partial charge in [0.2, 0.25) is 5.91 Å². The summed E-state index contributed by atoms with van der Waals surface area (Å²) in [7, 11) is 0. The van der Waals surface area contributed by atoms with E-state index in [9.17, 15) is 18.0 Å². The van der Waals surface area contributed by atoms with E-state index in [1.807, 2.05) is 12.1 Å². The van der Waals surface area contributed by atoms with Crippen molar-refractivity contribution in [3.05, 3.63) is 35.4 Å². The highest BCUT2D eigenvalue weighted by molar-refractivity contribution is 5.79. The molecule has 1 amide bonds. The Kier molecular flexibility index (Phi) is 5.13. The quantitative estimate of drug-likeness (QED) is 0.854. The van der Waals surface area contributed by atoms with Gasteiger partial charge in [-0.2, -0.15) is 13.2 Å². The number of ether oxygens (including phenoxy) is 1. The van der Waals surface area contributed by atoms with Gasteiger partial charge in [-0.25, -0.2) is 0 Å². The van der Waals surface area contributed by atoms with Gasteiger partial charge in [0.25, 0.3) is 0 Å². The molecule has 3 rings (SSSR count). The van der Waals surface area contributed by atoms with E-state index in [1.165, 1.54) is 19.3 Å². The second kappa shape index (κ2) is 7.13. The summed E-state index contributed by atoms with van der Waals surface area (Å²) in [6.45, 7) is -0.859. The van der Waals surface area contributed by atoms with Gasteiger partial charge in [-0.1, -0.05) is 30.7 Å². The van der Waals surface area contributed by atoms with Crippen molar-refractivity contribution in [1.29, 1.82) is 0 Å². The summed E-state index contributed by atoms with van der Waals surface area (Å²) in [4.78, 5) is 12.3. The molecular formula is C18H22F3NO2. The SMILES string of the molecule is O=C(NCc1ccc(COCC(F)(F)F)cc1)C1CC2CCC1C2. The molecule has 3 unspecified atom stereocenters. The third-order valence-corrected chi connectivity index (χ3v) is 5.10. The molecule has 2 fully saturated rings. The van der Waals surface area contributed by atoms with Crippen LogP contribution in [-0.4, -0.2) is 18.7 Å². The first kappa shape index (κ1) is 17.3. The van der Waals surface area contributed by atoms with Crippen molar-refractivity contribution < 1.29 is 22.7 Å². The van der Waals surface area contributed by atoms with Crippen molar-refractivity contribution in [3.8, 4) is 0 Å². The minimum absolute atomic E-state index is 0.0721. The largest absolute Gasteiger partial charge is 0.411 e. The number of alkyl halides is 3. The lowest BCUT2D eigenvalue weighted by Gasteiger charge is -2.20. The fourth-order valence-electron chi connectivity index (χ4n) is 3.92. The zero-order valence-corrected chi connectivity index (χ0v) is 13.4. The summed E-state index contributed by atoms with van der Waals surface area (Å²) in [6, 6.07) is 7.09. The Balaban J connectivity index is 1.42. The van der Waals surface area contributed by atoms with Gasteiger partial charge in [0, 0.05) is 12.5 Å². The van der Waals surface area contributed by atoms with Gasteiger partial charge in [-0.15, -0.1) is 0 Å². The molecule has 2 aliphatic carbocycles. The van der Waals surface area contributed by atoms with E-state index in [4.69, 9.17) is 0 Å². The third-order valence-electron chi connectivity index (χ3n) is 5.10. The van der Waals surface area contributed by atoms with Crippen LogP contribution in [0.4, 0.5) is 13.2 Å². The fraction of sp³-hybridized carbons (Fsp3) is 0.611. The Labute approximate surface area is 139 Å². The molecule has 2 aliphatic rings. The number of halogens is 3. The van der Waals surface area contributed by atoms with E-state index in [-0.39, 0.29) is 18.4 Å². The molecule has 3 nitrogen and oxygen atoms in total. The van der Waals surface area contributed by atoms with E-state index in [0.717, 1.165) is 17.9 Å². The van der Waals surface area contributed by atoms with E-state index >= 15 is 0 Å². The molecule has 0 aromatic heterocycles. The van der Waals surface area contributed by atoms with Crippen LogP contribution in [0.3, 0.4) is 0 Å². The molecule has 0 spiro atoms. The Morgan fingerprint density at radius 3 is 2.42 bits per heavy atom. The minimum atomic E-state index is -4.30. The van der Waals surface area contributed by atoms with Crippen molar-refractivity contribution >= 4 is 5.91 Å². The number of hydrogen-bond donors (Lipinski definition) is 1. The van der Waals surface area contributed by atoms with Crippen LogP contribution in [0.15, 0.2) is 24.3 Å². The summed E-state index contributed by atoms with van der Waals surface area (Å²) < 4.78 is 40.7. The van der Waals surface area contributed by atoms with Gasteiger partial charge in [-0.3, -0.25) is 4.79 Å². The molecule has 2 bridgehead atoms. The van der Waals surface area contributed by atoms with Gasteiger partial charge in [0.15, 0.2) is 0 Å². The minimum Gasteiger partial charge on any atom is -0.367 e. The molecule has 0 heterocycles. The zero-order chi connectivity index (χ0) is 17.2. The predicted molar refractivity (Wildman–Crippen MR) is 82.9 cm³/mol. The molecular weight excluding hydrogens is 319 g/mol. The summed E-state index contributed by atoms with van der Waals surface area (Å²) in [5, 5.41) is 2.99. The molecule has 2 saturated carbocycles. The molecule has 3 atom stereocenters. The number of amides is 1. The van der Waals surface area contributed by atoms with Crippen LogP contribution in [0.25, 0.3) is 0 Å². The molecule has 1 N–H and O–H groups in total. The maximum atomic E-state index is 12.3. The number of rotatable bonds is 6. The zero-order valence-electron chi connectivity index (χ0n) is 13.4. The highest BCUT2D eigenvalue weighted by Crippen LogP contribution is 2.48. The lowest BCUT2D eigenvalue weighted by atomic mass is 9.88. The van der Waals surface area contributed by atoms with Crippen molar-refractivity contribution in [2.75, 3.05) is 6.61 Å². The van der Waals surface area contributed by atoms with Gasteiger partial charge in [0.1, 0.15) is 6.61 Å². The average Bonchev–Trinajstić information content (AvgIpc) is 3.15. The summed E-state index contributed by atoms with van der Waals surface area (Å²) in [6.07, 6.45) is 0.363. The summed E-state index contributed by atoms with van der Waals surface area (Å²) in [5.41, 5.74) is 1.62. The van der Waals surface area contributed by atoms with Gasteiger partial charge in [-0.05, 0) is 42.2 Å². The molecule has 1 aromatic carbocycles. The Hall–Kier alpha value is -1.56. The van der Waals surface area contributed by atoms with Crippen molar-refractivity contribution in [2.24, 2.45) is 17.8 Å². The van der Waals surface area contributed by atoms with Crippen LogP contribution in [0.1, 0.15) is 36.8 Å². The molecule has 132 valence electrons. The van der Waals surface area contributed by atoms with Crippen LogP contribution in [0.2, 0.25) is 0 Å². The van der Waals surface area contributed by atoms with Crippen LogP contribution in [-0.2, 0) is 22.7 Å². The number of hydrogen-bond acceptors (Lipinski definition) is 2. The molecule has 0 radical (unpaired) electrons. The lowest BCUT2D eigenvalue weighted by molar-refractivity contribution is -0.176. The maximum Gasteiger partial charge on any atom is 0.411 e. The first-order valence-electron chi connectivity index (χ1n) is 8.41. The Morgan fingerprint density at radius 1 is 1.12 bits per heavy atom. The first-order chi connectivity index (χ1) is 11.4. The van der Waals surface area contributed by atoms with E-state index in [1.54, 1.807) is 12.1 Å². The molecule has 24 heavy (non-hydrogen) atoms. The molecule has 0 saturated heterocycles. The van der Waals surface area contributed by atoms with Crippen LogP contribution in [0.5, 0.6) is 0 Å². The van der Waals surface area contributed by atoms with Crippen molar-refractivity contribution in [1.82, 2.24) is 5.32 Å². The second-order valence-electron chi connectivity index (χ2n) is 6.92.